The summed E-state index contributed by atoms with van der Waals surface area (Å²) < 4.78 is 37.3. The molecule has 1 heterocycles. The van der Waals surface area contributed by atoms with E-state index in [1.165, 1.54) is 0 Å². The molecule has 1 N–H and O–H groups in total. The maximum atomic E-state index is 12.4. The first-order valence-electron chi connectivity index (χ1n) is 4.74. The number of aromatic nitrogens is 1. The number of pyridine rings is 1. The van der Waals surface area contributed by atoms with Gasteiger partial charge in [0, 0.05) is 5.52 Å². The van der Waals surface area contributed by atoms with E-state index >= 15 is 0 Å². The van der Waals surface area contributed by atoms with Gasteiger partial charge in [0.15, 0.2) is 0 Å². The number of halogens is 3. The predicted molar refractivity (Wildman–Crippen MR) is 53.9 cm³/mol. The fourth-order valence-corrected chi connectivity index (χ4v) is 1.53. The van der Waals surface area contributed by atoms with Gasteiger partial charge in [-0.15, -0.1) is 0 Å². The van der Waals surface area contributed by atoms with Crippen molar-refractivity contribution in [2.75, 3.05) is 0 Å². The van der Waals surface area contributed by atoms with E-state index in [-0.39, 0.29) is 10.9 Å². The van der Waals surface area contributed by atoms with Crippen LogP contribution in [0, 0.1) is 0 Å². The summed E-state index contributed by atoms with van der Waals surface area (Å²) >= 11 is 0. The molecule has 7 heteroatoms. The quantitative estimate of drug-likeness (QED) is 0.824. The Bertz CT molecular complexity index is 688. The van der Waals surface area contributed by atoms with Crippen LogP contribution in [-0.2, 0) is 6.18 Å². The third-order valence-electron chi connectivity index (χ3n) is 2.39. The van der Waals surface area contributed by atoms with Gasteiger partial charge in [-0.2, -0.15) is 13.2 Å². The van der Waals surface area contributed by atoms with Crippen LogP contribution in [0.15, 0.2) is 29.1 Å². The zero-order valence-corrected chi connectivity index (χ0v) is 8.67. The summed E-state index contributed by atoms with van der Waals surface area (Å²) in [4.78, 5) is 23.9. The Balaban J connectivity index is 2.71. The maximum absolute atomic E-state index is 12.4. The van der Waals surface area contributed by atoms with Crippen molar-refractivity contribution in [1.82, 2.24) is 4.98 Å². The molecule has 94 valence electrons. The number of carbonyl (C=O) groups excluding carboxylic acids is 1. The summed E-state index contributed by atoms with van der Waals surface area (Å²) in [6, 6.07) is 3.61. The fourth-order valence-electron chi connectivity index (χ4n) is 1.53. The molecule has 0 fully saturated rings. The largest absolute Gasteiger partial charge is 0.545 e. The number of rotatable bonds is 1. The number of nitrogens with one attached hydrogen (secondary N) is 1. The Kier molecular flexibility index (Phi) is 2.61. The normalized spacial score (nSPS) is 11.7. The van der Waals surface area contributed by atoms with Crippen LogP contribution in [0.2, 0.25) is 0 Å². The first-order chi connectivity index (χ1) is 8.29. The van der Waals surface area contributed by atoms with Gasteiger partial charge < -0.3 is 14.9 Å². The lowest BCUT2D eigenvalue weighted by molar-refractivity contribution is -0.255. The topological polar surface area (TPSA) is 73.0 Å². The number of carbonyl (C=O) groups is 1. The van der Waals surface area contributed by atoms with Gasteiger partial charge in [0.1, 0.15) is 0 Å². The molecule has 0 saturated heterocycles. The average Bonchev–Trinajstić information content (AvgIpc) is 2.25. The number of carboxylic acids is 1. The van der Waals surface area contributed by atoms with Crippen LogP contribution in [0.3, 0.4) is 0 Å². The fraction of sp³-hybridized carbons (Fsp3) is 0.0909. The second-order valence-electron chi connectivity index (χ2n) is 3.60. The molecule has 0 bridgehead atoms. The van der Waals surface area contributed by atoms with E-state index in [0.29, 0.717) is 0 Å². The van der Waals surface area contributed by atoms with E-state index in [9.17, 15) is 27.9 Å². The Hall–Kier alpha value is -2.31. The molecule has 0 unspecified atom stereocenters. The third kappa shape index (κ3) is 2.06. The van der Waals surface area contributed by atoms with Gasteiger partial charge in [-0.25, -0.2) is 0 Å². The molecular weight excluding hydrogens is 251 g/mol. The molecule has 0 atom stereocenters. The van der Waals surface area contributed by atoms with Crippen LogP contribution < -0.4 is 10.7 Å². The molecular formula is C11H5F3NO3-. The Labute approximate surface area is 97.7 Å². The van der Waals surface area contributed by atoms with Crippen molar-refractivity contribution in [1.29, 1.82) is 0 Å². The molecule has 2 aromatic rings. The number of carboxylic acid groups (broad SMARTS) is 1. The molecule has 1 aromatic heterocycles. The summed E-state index contributed by atoms with van der Waals surface area (Å²) in [5.74, 6) is -1.68. The van der Waals surface area contributed by atoms with Crippen LogP contribution in [0.25, 0.3) is 10.9 Å². The Morgan fingerprint density at radius 3 is 2.44 bits per heavy atom. The van der Waals surface area contributed by atoms with Crippen molar-refractivity contribution in [3.8, 4) is 0 Å². The van der Waals surface area contributed by atoms with E-state index in [2.05, 4.69) is 4.98 Å². The van der Waals surface area contributed by atoms with Gasteiger partial charge in [-0.3, -0.25) is 4.79 Å². The molecule has 1 aromatic carbocycles. The van der Waals surface area contributed by atoms with E-state index in [1.54, 1.807) is 0 Å². The van der Waals surface area contributed by atoms with Crippen LogP contribution in [0.1, 0.15) is 15.9 Å². The second-order valence-corrected chi connectivity index (χ2v) is 3.60. The van der Waals surface area contributed by atoms with Crippen molar-refractivity contribution < 1.29 is 23.1 Å². The van der Waals surface area contributed by atoms with Crippen LogP contribution >= 0.6 is 0 Å². The lowest BCUT2D eigenvalue weighted by Gasteiger charge is -2.08. The first kappa shape index (κ1) is 12.2. The Morgan fingerprint density at radius 1 is 1.22 bits per heavy atom. The Morgan fingerprint density at radius 2 is 1.89 bits per heavy atom. The number of alkyl halides is 3. The van der Waals surface area contributed by atoms with Gasteiger partial charge in [0.25, 0.3) is 5.56 Å². The van der Waals surface area contributed by atoms with Gasteiger partial charge in [-0.1, -0.05) is 6.07 Å². The number of fused-ring (bicyclic) bond motifs is 1. The number of hydrogen-bond donors (Lipinski definition) is 1. The molecule has 0 spiro atoms. The molecule has 0 saturated carbocycles. The smallest absolute Gasteiger partial charge is 0.416 e. The van der Waals surface area contributed by atoms with E-state index in [0.717, 1.165) is 24.3 Å². The van der Waals surface area contributed by atoms with Crippen LogP contribution in [0.5, 0.6) is 0 Å². The van der Waals surface area contributed by atoms with Crippen LogP contribution in [0.4, 0.5) is 13.2 Å². The monoisotopic (exact) mass is 256 g/mol. The van der Waals surface area contributed by atoms with Gasteiger partial charge in [0.2, 0.25) is 0 Å². The van der Waals surface area contributed by atoms with Crippen molar-refractivity contribution >= 4 is 16.9 Å². The van der Waals surface area contributed by atoms with E-state index < -0.39 is 28.8 Å². The molecule has 4 nitrogen and oxygen atoms in total. The molecule has 0 amide bonds. The van der Waals surface area contributed by atoms with E-state index in [1.807, 2.05) is 0 Å². The second kappa shape index (κ2) is 3.86. The number of H-pyrrole nitrogens is 1. The average molecular weight is 256 g/mol. The summed E-state index contributed by atoms with van der Waals surface area (Å²) in [5.41, 5.74) is -2.63. The number of aromatic amines is 1. The first-order valence-corrected chi connectivity index (χ1v) is 4.74. The van der Waals surface area contributed by atoms with Crippen molar-refractivity contribution in [2.24, 2.45) is 0 Å². The SMILES string of the molecule is O=C([O-])c1cc2ccc(C(F)(F)F)cc2[nH]c1=O. The highest BCUT2D eigenvalue weighted by Crippen LogP contribution is 2.30. The molecule has 0 radical (unpaired) electrons. The number of benzene rings is 1. The summed E-state index contributed by atoms with van der Waals surface area (Å²) in [7, 11) is 0. The van der Waals surface area contributed by atoms with Crippen molar-refractivity contribution in [3.05, 3.63) is 45.7 Å². The number of aromatic carboxylic acids is 1. The van der Waals surface area contributed by atoms with Crippen molar-refractivity contribution in [3.63, 3.8) is 0 Å². The maximum Gasteiger partial charge on any atom is 0.416 e. The summed E-state index contributed by atoms with van der Waals surface area (Å²) in [6.45, 7) is 0. The minimum Gasteiger partial charge on any atom is -0.545 e. The molecule has 0 aliphatic heterocycles. The zero-order valence-electron chi connectivity index (χ0n) is 8.67. The number of hydrogen-bond acceptors (Lipinski definition) is 3. The standard InChI is InChI=1S/C11H6F3NO3/c12-11(13,14)6-2-1-5-3-7(10(17)18)9(16)15-8(5)4-6/h1-4H,(H,15,16)(H,17,18)/p-1. The molecule has 0 aliphatic carbocycles. The summed E-state index contributed by atoms with van der Waals surface area (Å²) in [6.07, 6.45) is -4.53. The van der Waals surface area contributed by atoms with Gasteiger partial charge in [-0.05, 0) is 23.6 Å². The highest BCUT2D eigenvalue weighted by molar-refractivity contribution is 5.91. The summed E-state index contributed by atoms with van der Waals surface area (Å²) in [5, 5.41) is 10.8. The van der Waals surface area contributed by atoms with E-state index in [4.69, 9.17) is 0 Å². The van der Waals surface area contributed by atoms with Gasteiger partial charge in [0.05, 0.1) is 17.1 Å². The molecule has 2 rings (SSSR count). The van der Waals surface area contributed by atoms with Crippen molar-refractivity contribution in [2.45, 2.75) is 6.18 Å². The third-order valence-corrected chi connectivity index (χ3v) is 2.39. The lowest BCUT2D eigenvalue weighted by atomic mass is 10.1. The highest BCUT2D eigenvalue weighted by Gasteiger charge is 2.30. The zero-order chi connectivity index (χ0) is 13.5. The predicted octanol–water partition coefficient (Wildman–Crippen LogP) is 0.910. The minimum absolute atomic E-state index is 0.0835. The molecule has 0 aliphatic rings. The van der Waals surface area contributed by atoms with Crippen LogP contribution in [-0.4, -0.2) is 11.0 Å². The minimum atomic E-state index is -4.53. The lowest BCUT2D eigenvalue weighted by Crippen LogP contribution is -2.29. The highest BCUT2D eigenvalue weighted by atomic mass is 19.4. The molecule has 18 heavy (non-hydrogen) atoms. The van der Waals surface area contributed by atoms with Gasteiger partial charge >= 0.3 is 6.18 Å².